The summed E-state index contributed by atoms with van der Waals surface area (Å²) in [4.78, 5) is 2.73. The van der Waals surface area contributed by atoms with E-state index in [1.807, 2.05) is 0 Å². The molecule has 3 heteroatoms. The van der Waals surface area contributed by atoms with E-state index in [0.29, 0.717) is 17.2 Å². The lowest BCUT2D eigenvalue weighted by Gasteiger charge is -2.51. The molecular formula is C16H30N2O. The van der Waals surface area contributed by atoms with Crippen LogP contribution in [0.4, 0.5) is 0 Å². The number of nitrogens with one attached hydrogen (secondary N) is 1. The van der Waals surface area contributed by atoms with Crippen molar-refractivity contribution in [1.29, 1.82) is 0 Å². The fourth-order valence-corrected chi connectivity index (χ4v) is 4.09. The van der Waals surface area contributed by atoms with Crippen molar-refractivity contribution in [2.75, 3.05) is 26.2 Å². The van der Waals surface area contributed by atoms with Crippen LogP contribution in [0.3, 0.4) is 0 Å². The zero-order valence-corrected chi connectivity index (χ0v) is 12.7. The van der Waals surface area contributed by atoms with Gasteiger partial charge in [-0.2, -0.15) is 0 Å². The summed E-state index contributed by atoms with van der Waals surface area (Å²) in [5.74, 6) is 0. The number of hydrogen-bond donors (Lipinski definition) is 1. The number of ether oxygens (including phenoxy) is 1. The maximum Gasteiger partial charge on any atom is 0.0588 e. The second-order valence-electron chi connectivity index (χ2n) is 7.50. The Balaban J connectivity index is 1.59. The van der Waals surface area contributed by atoms with Crippen molar-refractivity contribution in [3.05, 3.63) is 0 Å². The standard InChI is InChI=1S/C16H30N2O/c1-15(2)12-17-16(8-3-4-9-16)13-18(15)10-7-14-6-5-11-19-14/h14,17H,3-13H2,1-2H3. The SMILES string of the molecule is CC1(C)CNC2(CCCC2)CN1CCC1CCCO1. The van der Waals surface area contributed by atoms with Crippen LogP contribution in [0.15, 0.2) is 0 Å². The maximum atomic E-state index is 5.79. The Morgan fingerprint density at radius 2 is 2.00 bits per heavy atom. The molecule has 2 heterocycles. The van der Waals surface area contributed by atoms with Crippen LogP contribution in [-0.2, 0) is 4.74 Å². The average Bonchev–Trinajstić information content (AvgIpc) is 3.03. The van der Waals surface area contributed by atoms with Crippen LogP contribution < -0.4 is 5.32 Å². The molecule has 0 amide bonds. The lowest BCUT2D eigenvalue weighted by Crippen LogP contribution is -2.67. The highest BCUT2D eigenvalue weighted by molar-refractivity contribution is 5.04. The molecule has 0 aromatic rings. The third-order valence-electron chi connectivity index (χ3n) is 5.55. The summed E-state index contributed by atoms with van der Waals surface area (Å²) in [5, 5.41) is 3.87. The first kappa shape index (κ1) is 13.8. The van der Waals surface area contributed by atoms with Crippen molar-refractivity contribution < 1.29 is 4.74 Å². The number of piperazine rings is 1. The van der Waals surface area contributed by atoms with E-state index in [-0.39, 0.29) is 0 Å². The molecule has 3 fully saturated rings. The summed E-state index contributed by atoms with van der Waals surface area (Å²) < 4.78 is 5.79. The van der Waals surface area contributed by atoms with Gasteiger partial charge in [0.05, 0.1) is 6.10 Å². The first-order valence-electron chi connectivity index (χ1n) is 8.21. The van der Waals surface area contributed by atoms with E-state index in [1.165, 1.54) is 58.0 Å². The average molecular weight is 266 g/mol. The first-order valence-corrected chi connectivity index (χ1v) is 8.21. The molecule has 1 aliphatic carbocycles. The zero-order chi connectivity index (χ0) is 13.3. The van der Waals surface area contributed by atoms with Crippen LogP contribution in [0.5, 0.6) is 0 Å². The van der Waals surface area contributed by atoms with Crippen LogP contribution in [0.2, 0.25) is 0 Å². The van der Waals surface area contributed by atoms with Gasteiger partial charge in [-0.15, -0.1) is 0 Å². The Kier molecular flexibility index (Phi) is 3.89. The van der Waals surface area contributed by atoms with Gasteiger partial charge in [-0.3, -0.25) is 4.90 Å². The maximum absolute atomic E-state index is 5.79. The van der Waals surface area contributed by atoms with Crippen LogP contribution >= 0.6 is 0 Å². The molecule has 1 N–H and O–H groups in total. The van der Waals surface area contributed by atoms with Crippen LogP contribution in [0.25, 0.3) is 0 Å². The molecule has 0 radical (unpaired) electrons. The molecule has 19 heavy (non-hydrogen) atoms. The van der Waals surface area contributed by atoms with Gasteiger partial charge in [0.15, 0.2) is 0 Å². The highest BCUT2D eigenvalue weighted by Crippen LogP contribution is 2.36. The van der Waals surface area contributed by atoms with Crippen molar-refractivity contribution in [3.63, 3.8) is 0 Å². The van der Waals surface area contributed by atoms with E-state index in [0.717, 1.165) is 13.2 Å². The summed E-state index contributed by atoms with van der Waals surface area (Å²) >= 11 is 0. The fraction of sp³-hybridized carbons (Fsp3) is 1.00. The van der Waals surface area contributed by atoms with Crippen LogP contribution in [0, 0.1) is 0 Å². The van der Waals surface area contributed by atoms with Gasteiger partial charge in [-0.1, -0.05) is 12.8 Å². The zero-order valence-electron chi connectivity index (χ0n) is 12.7. The number of rotatable bonds is 3. The summed E-state index contributed by atoms with van der Waals surface area (Å²) in [6.07, 6.45) is 9.86. The van der Waals surface area contributed by atoms with Crippen molar-refractivity contribution >= 4 is 0 Å². The molecule has 110 valence electrons. The molecule has 2 saturated heterocycles. The van der Waals surface area contributed by atoms with Gasteiger partial charge in [-0.05, 0) is 46.0 Å². The monoisotopic (exact) mass is 266 g/mol. The van der Waals surface area contributed by atoms with E-state index >= 15 is 0 Å². The van der Waals surface area contributed by atoms with Gasteiger partial charge in [0.2, 0.25) is 0 Å². The molecule has 1 spiro atoms. The summed E-state index contributed by atoms with van der Waals surface area (Å²) in [7, 11) is 0. The molecule has 3 nitrogen and oxygen atoms in total. The number of nitrogens with zero attached hydrogens (tertiary/aromatic N) is 1. The normalized spacial score (nSPS) is 34.1. The van der Waals surface area contributed by atoms with Gasteiger partial charge < -0.3 is 10.1 Å². The largest absolute Gasteiger partial charge is 0.378 e. The Morgan fingerprint density at radius 3 is 2.68 bits per heavy atom. The summed E-state index contributed by atoms with van der Waals surface area (Å²) in [6, 6.07) is 0. The van der Waals surface area contributed by atoms with E-state index < -0.39 is 0 Å². The highest BCUT2D eigenvalue weighted by Gasteiger charge is 2.43. The Morgan fingerprint density at radius 1 is 1.21 bits per heavy atom. The first-order chi connectivity index (χ1) is 9.10. The number of hydrogen-bond acceptors (Lipinski definition) is 3. The summed E-state index contributed by atoms with van der Waals surface area (Å²) in [6.45, 7) is 9.35. The predicted octanol–water partition coefficient (Wildman–Crippen LogP) is 2.55. The molecule has 0 aromatic heterocycles. The molecule has 1 unspecified atom stereocenters. The Labute approximate surface area is 118 Å². The Bertz CT molecular complexity index is 304. The minimum atomic E-state index is 0.298. The topological polar surface area (TPSA) is 24.5 Å². The van der Waals surface area contributed by atoms with Gasteiger partial charge >= 0.3 is 0 Å². The third-order valence-corrected chi connectivity index (χ3v) is 5.55. The molecule has 1 saturated carbocycles. The predicted molar refractivity (Wildman–Crippen MR) is 78.4 cm³/mol. The Hall–Kier alpha value is -0.120. The fourth-order valence-electron chi connectivity index (χ4n) is 4.09. The van der Waals surface area contributed by atoms with E-state index in [4.69, 9.17) is 4.74 Å². The summed E-state index contributed by atoms with van der Waals surface area (Å²) in [5.41, 5.74) is 0.735. The molecular weight excluding hydrogens is 236 g/mol. The van der Waals surface area contributed by atoms with Crippen molar-refractivity contribution in [2.45, 2.75) is 76.0 Å². The molecule has 1 atom stereocenters. The lowest BCUT2D eigenvalue weighted by atomic mass is 9.87. The smallest absolute Gasteiger partial charge is 0.0588 e. The van der Waals surface area contributed by atoms with Crippen molar-refractivity contribution in [2.24, 2.45) is 0 Å². The molecule has 2 aliphatic heterocycles. The highest BCUT2D eigenvalue weighted by atomic mass is 16.5. The van der Waals surface area contributed by atoms with E-state index in [9.17, 15) is 0 Å². The van der Waals surface area contributed by atoms with Crippen LogP contribution in [-0.4, -0.2) is 48.3 Å². The van der Waals surface area contributed by atoms with Gasteiger partial charge in [-0.25, -0.2) is 0 Å². The molecule has 0 aromatic carbocycles. The third kappa shape index (κ3) is 2.98. The van der Waals surface area contributed by atoms with Gasteiger partial charge in [0.25, 0.3) is 0 Å². The van der Waals surface area contributed by atoms with E-state index in [1.54, 1.807) is 0 Å². The minimum absolute atomic E-state index is 0.298. The second-order valence-corrected chi connectivity index (χ2v) is 7.50. The van der Waals surface area contributed by atoms with Crippen molar-refractivity contribution in [3.8, 4) is 0 Å². The van der Waals surface area contributed by atoms with Gasteiger partial charge in [0.1, 0.15) is 0 Å². The molecule has 3 rings (SSSR count). The van der Waals surface area contributed by atoms with Crippen LogP contribution in [0.1, 0.15) is 58.8 Å². The molecule has 0 bridgehead atoms. The van der Waals surface area contributed by atoms with Crippen molar-refractivity contribution in [1.82, 2.24) is 10.2 Å². The second kappa shape index (κ2) is 5.34. The molecule has 3 aliphatic rings. The van der Waals surface area contributed by atoms with Gasteiger partial charge in [0, 0.05) is 37.3 Å². The van der Waals surface area contributed by atoms with E-state index in [2.05, 4.69) is 24.1 Å². The minimum Gasteiger partial charge on any atom is -0.378 e. The lowest BCUT2D eigenvalue weighted by molar-refractivity contribution is 0.0124. The quantitative estimate of drug-likeness (QED) is 0.849.